The van der Waals surface area contributed by atoms with E-state index in [1.165, 1.54) is 64.2 Å². The molecule has 7 N–H and O–H groups in total. The molecule has 0 aromatic carbocycles. The maximum absolute atomic E-state index is 10.9. The number of carbonyl (C=O) groups excluding carboxylic acids is 1. The van der Waals surface area contributed by atoms with Crippen LogP contribution in [0.15, 0.2) is 0 Å². The first-order valence-corrected chi connectivity index (χ1v) is 14.4. The third-order valence-corrected chi connectivity index (χ3v) is 7.03. The summed E-state index contributed by atoms with van der Waals surface area (Å²) in [6.07, 6.45) is 9.75. The second-order valence-corrected chi connectivity index (χ2v) is 10.7. The van der Waals surface area contributed by atoms with E-state index in [-0.39, 0.29) is 12.7 Å². The lowest BCUT2D eigenvalue weighted by Gasteiger charge is -2.22. The highest BCUT2D eigenvalue weighted by Crippen LogP contribution is 2.15. The van der Waals surface area contributed by atoms with Gasteiger partial charge in [-0.05, 0) is 6.42 Å². The summed E-state index contributed by atoms with van der Waals surface area (Å²) in [6.45, 7) is 1.48. The molecule has 0 heterocycles. The van der Waals surface area contributed by atoms with E-state index in [0.717, 1.165) is 19.3 Å². The molecule has 216 valence electrons. The van der Waals surface area contributed by atoms with Crippen molar-refractivity contribution < 1.29 is 53.2 Å². The third-order valence-electron chi connectivity index (χ3n) is 5.88. The van der Waals surface area contributed by atoms with Gasteiger partial charge >= 0.3 is 5.97 Å². The molecule has 0 aromatic rings. The first kappa shape index (κ1) is 37.0. The number of carboxylic acid groups (broad SMARTS) is 1. The lowest BCUT2D eigenvalue weighted by atomic mass is 10.0. The first-order chi connectivity index (χ1) is 16.9. The Kier molecular flexibility index (Phi) is 23.6. The summed E-state index contributed by atoms with van der Waals surface area (Å²) < 4.78 is 30.7. The second-order valence-electron chi connectivity index (χ2n) is 9.08. The van der Waals surface area contributed by atoms with E-state index in [0.29, 0.717) is 6.42 Å². The fourth-order valence-electron chi connectivity index (χ4n) is 3.54. The van der Waals surface area contributed by atoms with Gasteiger partial charge in [0.1, 0.15) is 24.4 Å². The molecule has 5 atom stereocenters. The van der Waals surface area contributed by atoms with E-state index >= 15 is 0 Å². The summed E-state index contributed by atoms with van der Waals surface area (Å²) in [5, 5.41) is 50.6. The Labute approximate surface area is 215 Å². The predicted octanol–water partition coefficient (Wildman–Crippen LogP) is 1.82. The van der Waals surface area contributed by atoms with Crippen LogP contribution >= 0.6 is 0 Å². The Bertz CT molecular complexity index is 642. The number of aliphatic carboxylic acids is 1. The molecule has 0 saturated heterocycles. The van der Waals surface area contributed by atoms with Crippen molar-refractivity contribution in [2.24, 2.45) is 0 Å². The number of hydrogen-bond donors (Lipinski definition) is 7. The lowest BCUT2D eigenvalue weighted by molar-refractivity contribution is -0.137. The van der Waals surface area contributed by atoms with E-state index in [1.807, 2.05) is 0 Å². The Balaban J connectivity index is 0. The molecule has 36 heavy (non-hydrogen) atoms. The van der Waals surface area contributed by atoms with Gasteiger partial charge in [-0.15, -0.1) is 0 Å². The zero-order valence-corrected chi connectivity index (χ0v) is 22.3. The van der Waals surface area contributed by atoms with E-state index in [1.54, 1.807) is 0 Å². The van der Waals surface area contributed by atoms with Crippen molar-refractivity contribution in [1.82, 2.24) is 0 Å². The van der Waals surface area contributed by atoms with Crippen molar-refractivity contribution in [2.75, 3.05) is 6.61 Å². The van der Waals surface area contributed by atoms with E-state index in [2.05, 4.69) is 6.92 Å². The van der Waals surface area contributed by atoms with Crippen LogP contribution in [0.3, 0.4) is 0 Å². The number of rotatable bonds is 22. The van der Waals surface area contributed by atoms with Gasteiger partial charge in [-0.3, -0.25) is 9.35 Å². The number of aliphatic hydroxyl groups is 5. The molecular formula is C24H48O11S. The number of hydrogen-bond acceptors (Lipinski definition) is 9. The Morgan fingerprint density at radius 3 is 1.44 bits per heavy atom. The SMILES string of the molecule is CCCCCCCCCCCCCCCCC(C(=O)O)S(=O)(=O)O.O=CC(O)C(O)C(O)C(O)CO. The molecule has 12 heteroatoms. The van der Waals surface area contributed by atoms with Gasteiger partial charge in [0.25, 0.3) is 10.1 Å². The summed E-state index contributed by atoms with van der Waals surface area (Å²) in [6, 6.07) is 0. The molecule has 11 nitrogen and oxygen atoms in total. The smallest absolute Gasteiger partial charge is 0.324 e. The van der Waals surface area contributed by atoms with Crippen LogP contribution in [0.25, 0.3) is 0 Å². The second kappa shape index (κ2) is 23.0. The molecule has 0 bridgehead atoms. The molecule has 0 rings (SSSR count). The summed E-state index contributed by atoms with van der Waals surface area (Å²) in [7, 11) is -4.48. The van der Waals surface area contributed by atoms with Gasteiger partial charge in [-0.2, -0.15) is 8.42 Å². The van der Waals surface area contributed by atoms with Crippen LogP contribution < -0.4 is 0 Å². The quantitative estimate of drug-likeness (QED) is 0.0593. The van der Waals surface area contributed by atoms with Gasteiger partial charge in [0, 0.05) is 0 Å². The van der Waals surface area contributed by atoms with Crippen molar-refractivity contribution in [3.05, 3.63) is 0 Å². The molecule has 0 radical (unpaired) electrons. The summed E-state index contributed by atoms with van der Waals surface area (Å²) in [5.41, 5.74) is 0. The fraction of sp³-hybridized carbons (Fsp3) is 0.917. The van der Waals surface area contributed by atoms with Gasteiger partial charge in [-0.1, -0.05) is 96.8 Å². The van der Waals surface area contributed by atoms with Gasteiger partial charge in [0.15, 0.2) is 11.5 Å². The molecule has 0 aromatic heterocycles. The summed E-state index contributed by atoms with van der Waals surface area (Å²) >= 11 is 0. The minimum absolute atomic E-state index is 0.00774. The third kappa shape index (κ3) is 20.0. The van der Waals surface area contributed by atoms with Crippen LogP contribution in [-0.4, -0.2) is 92.1 Å². The maximum Gasteiger partial charge on any atom is 0.324 e. The van der Waals surface area contributed by atoms with Crippen LogP contribution in [0, 0.1) is 0 Å². The first-order valence-electron chi connectivity index (χ1n) is 12.9. The van der Waals surface area contributed by atoms with Crippen molar-refractivity contribution in [3.8, 4) is 0 Å². The number of aldehydes is 1. The van der Waals surface area contributed by atoms with Crippen LogP contribution in [0.5, 0.6) is 0 Å². The summed E-state index contributed by atoms with van der Waals surface area (Å²) in [5.74, 6) is -1.47. The van der Waals surface area contributed by atoms with Crippen LogP contribution in [-0.2, 0) is 19.7 Å². The highest BCUT2D eigenvalue weighted by atomic mass is 32.2. The number of carbonyl (C=O) groups is 2. The van der Waals surface area contributed by atoms with Crippen LogP contribution in [0.2, 0.25) is 0 Å². The monoisotopic (exact) mass is 544 g/mol. The standard InChI is InChI=1S/C18H36O5S.C6H12O6/c1-2-3-4-5-6-7-8-9-10-11-12-13-14-15-16-17(18(19)20)24(21,22)23;7-1-3(9)5(11)6(12)4(10)2-8/h17H,2-16H2,1H3,(H,19,20)(H,21,22,23);1,3-6,8-12H,2H2. The fourth-order valence-corrected chi connectivity index (χ4v) is 4.26. The Morgan fingerprint density at radius 2 is 1.14 bits per heavy atom. The topological polar surface area (TPSA) is 210 Å². The Morgan fingerprint density at radius 1 is 0.750 bits per heavy atom. The van der Waals surface area contributed by atoms with Gasteiger partial charge in [0.05, 0.1) is 6.61 Å². The number of aliphatic hydroxyl groups excluding tert-OH is 5. The average molecular weight is 545 g/mol. The van der Waals surface area contributed by atoms with Crippen LogP contribution in [0.1, 0.15) is 103 Å². The highest BCUT2D eigenvalue weighted by Gasteiger charge is 2.30. The van der Waals surface area contributed by atoms with E-state index in [4.69, 9.17) is 35.2 Å². The molecular weight excluding hydrogens is 496 g/mol. The van der Waals surface area contributed by atoms with Crippen molar-refractivity contribution in [2.45, 2.75) is 133 Å². The molecule has 0 aliphatic carbocycles. The average Bonchev–Trinajstić information content (AvgIpc) is 2.83. The molecule has 0 aliphatic rings. The molecule has 0 saturated carbocycles. The zero-order chi connectivity index (χ0) is 28.0. The number of unbranched alkanes of at least 4 members (excludes halogenated alkanes) is 13. The number of carboxylic acids is 1. The normalized spacial score (nSPS) is 15.8. The predicted molar refractivity (Wildman–Crippen MR) is 135 cm³/mol. The Hall–Kier alpha value is -1.15. The highest BCUT2D eigenvalue weighted by molar-refractivity contribution is 7.87. The minimum atomic E-state index is -4.48. The maximum atomic E-state index is 10.9. The van der Waals surface area contributed by atoms with E-state index in [9.17, 15) is 18.0 Å². The van der Waals surface area contributed by atoms with Gasteiger partial charge in [-0.25, -0.2) is 0 Å². The van der Waals surface area contributed by atoms with Crippen LogP contribution in [0.4, 0.5) is 0 Å². The molecule has 0 fully saturated rings. The van der Waals surface area contributed by atoms with Crippen molar-refractivity contribution in [3.63, 3.8) is 0 Å². The van der Waals surface area contributed by atoms with Crippen molar-refractivity contribution >= 4 is 22.4 Å². The molecule has 5 unspecified atom stereocenters. The van der Waals surface area contributed by atoms with E-state index < -0.39 is 52.4 Å². The van der Waals surface area contributed by atoms with Crippen molar-refractivity contribution in [1.29, 1.82) is 0 Å². The molecule has 0 aliphatic heterocycles. The molecule has 0 spiro atoms. The zero-order valence-electron chi connectivity index (χ0n) is 21.4. The lowest BCUT2D eigenvalue weighted by Crippen LogP contribution is -2.46. The van der Waals surface area contributed by atoms with Gasteiger partial charge in [0.2, 0.25) is 0 Å². The summed E-state index contributed by atoms with van der Waals surface area (Å²) in [4.78, 5) is 20.7. The van der Waals surface area contributed by atoms with Gasteiger partial charge < -0.3 is 35.4 Å². The molecule has 0 amide bonds. The largest absolute Gasteiger partial charge is 0.480 e. The minimum Gasteiger partial charge on any atom is -0.480 e.